The summed E-state index contributed by atoms with van der Waals surface area (Å²) in [5.74, 6) is 0.869. The van der Waals surface area contributed by atoms with Crippen LogP contribution in [-0.2, 0) is 4.74 Å². The number of imidazole rings is 1. The monoisotopic (exact) mass is 399 g/mol. The van der Waals surface area contributed by atoms with Gasteiger partial charge in [0.15, 0.2) is 23.2 Å². The second kappa shape index (κ2) is 8.03. The molecule has 1 unspecified atom stereocenters. The van der Waals surface area contributed by atoms with Crippen LogP contribution in [-0.4, -0.2) is 59.8 Å². The highest BCUT2D eigenvalue weighted by atomic mass is 16.6. The Morgan fingerprint density at radius 1 is 1.10 bits per heavy atom. The summed E-state index contributed by atoms with van der Waals surface area (Å²) in [5.41, 5.74) is 2.14. The molecule has 9 heteroatoms. The molecule has 0 bridgehead atoms. The molecule has 1 aliphatic rings. The number of fused-ring (bicyclic) bond motifs is 1. The Balaban J connectivity index is 1.68. The molecular formula is C20H25N5O4. The van der Waals surface area contributed by atoms with Gasteiger partial charge in [-0.3, -0.25) is 4.57 Å². The second-order valence-electron chi connectivity index (χ2n) is 7.55. The fourth-order valence-electron chi connectivity index (χ4n) is 3.70. The molecule has 0 spiro atoms. The van der Waals surface area contributed by atoms with Crippen LogP contribution in [0.2, 0.25) is 0 Å². The van der Waals surface area contributed by atoms with E-state index < -0.39 is 31.1 Å². The van der Waals surface area contributed by atoms with Gasteiger partial charge in [-0.15, -0.1) is 0 Å². The lowest BCUT2D eigenvalue weighted by Crippen LogP contribution is -2.33. The first kappa shape index (κ1) is 19.7. The number of aliphatic hydroxyl groups is 3. The molecule has 0 aliphatic carbocycles. The average Bonchev–Trinajstić information content (AvgIpc) is 3.28. The average molecular weight is 399 g/mol. The number of hydrogen-bond donors (Lipinski definition) is 4. The van der Waals surface area contributed by atoms with E-state index in [1.807, 2.05) is 18.2 Å². The number of rotatable bonds is 6. The summed E-state index contributed by atoms with van der Waals surface area (Å²) in [6.45, 7) is 3.86. The van der Waals surface area contributed by atoms with Crippen LogP contribution in [0.15, 0.2) is 43.0 Å². The SMILES string of the molecule is CC(C)C(Nc1ncnc2c1ncn2[C@@H]1O[C@H](CO)[C@@H](O)[C@H]1O)c1ccccc1. The summed E-state index contributed by atoms with van der Waals surface area (Å²) in [4.78, 5) is 13.1. The quantitative estimate of drug-likeness (QED) is 0.488. The van der Waals surface area contributed by atoms with Crippen molar-refractivity contribution in [3.63, 3.8) is 0 Å². The van der Waals surface area contributed by atoms with Crippen molar-refractivity contribution in [3.8, 4) is 0 Å². The first-order valence-electron chi connectivity index (χ1n) is 9.62. The van der Waals surface area contributed by atoms with Gasteiger partial charge < -0.3 is 25.4 Å². The summed E-state index contributed by atoms with van der Waals surface area (Å²) < 4.78 is 7.16. The second-order valence-corrected chi connectivity index (χ2v) is 7.55. The van der Waals surface area contributed by atoms with Crippen molar-refractivity contribution in [1.82, 2.24) is 19.5 Å². The summed E-state index contributed by atoms with van der Waals surface area (Å²) in [6, 6.07) is 10.1. The number of benzene rings is 1. The van der Waals surface area contributed by atoms with E-state index in [9.17, 15) is 15.3 Å². The van der Waals surface area contributed by atoms with Gasteiger partial charge in [-0.25, -0.2) is 15.0 Å². The van der Waals surface area contributed by atoms with Crippen molar-refractivity contribution in [2.45, 2.75) is 44.4 Å². The van der Waals surface area contributed by atoms with Crippen molar-refractivity contribution < 1.29 is 20.1 Å². The van der Waals surface area contributed by atoms with Crippen LogP contribution in [0.3, 0.4) is 0 Å². The van der Waals surface area contributed by atoms with E-state index in [1.54, 1.807) is 4.57 Å². The standard InChI is InChI=1S/C20H25N5O4/c1-11(2)14(12-6-4-3-5-7-12)24-18-15-19(22-9-21-18)25(10-23-15)20-17(28)16(27)13(8-26)29-20/h3-7,9-11,13-14,16-17,20,26-28H,8H2,1-2H3,(H,21,22,24)/t13-,14?,16-,17-,20-/m1/s1. The number of aliphatic hydroxyl groups excluding tert-OH is 3. The van der Waals surface area contributed by atoms with Gasteiger partial charge in [0, 0.05) is 0 Å². The minimum atomic E-state index is -1.20. The number of hydrogen-bond acceptors (Lipinski definition) is 8. The Labute approximate surface area is 168 Å². The van der Waals surface area contributed by atoms with E-state index in [-0.39, 0.29) is 6.04 Å². The molecule has 0 saturated carbocycles. The predicted octanol–water partition coefficient (Wildman–Crippen LogP) is 1.25. The van der Waals surface area contributed by atoms with Gasteiger partial charge in [-0.1, -0.05) is 44.2 Å². The number of nitrogens with one attached hydrogen (secondary N) is 1. The summed E-state index contributed by atoms with van der Waals surface area (Å²) in [7, 11) is 0. The summed E-state index contributed by atoms with van der Waals surface area (Å²) in [5, 5.41) is 33.2. The Hall–Kier alpha value is -2.59. The molecule has 0 amide bonds. The van der Waals surface area contributed by atoms with Crippen LogP contribution in [0, 0.1) is 5.92 Å². The maximum atomic E-state index is 10.3. The smallest absolute Gasteiger partial charge is 0.167 e. The van der Waals surface area contributed by atoms with Gasteiger partial charge in [0.05, 0.1) is 19.0 Å². The molecule has 1 aliphatic heterocycles. The van der Waals surface area contributed by atoms with Crippen molar-refractivity contribution in [2.24, 2.45) is 5.92 Å². The lowest BCUT2D eigenvalue weighted by molar-refractivity contribution is -0.0511. The van der Waals surface area contributed by atoms with Crippen molar-refractivity contribution in [1.29, 1.82) is 0 Å². The van der Waals surface area contributed by atoms with Gasteiger partial charge in [-0.2, -0.15) is 0 Å². The van der Waals surface area contributed by atoms with Gasteiger partial charge in [0.2, 0.25) is 0 Å². The highest BCUT2D eigenvalue weighted by molar-refractivity contribution is 5.83. The van der Waals surface area contributed by atoms with E-state index >= 15 is 0 Å². The molecular weight excluding hydrogens is 374 g/mol. The van der Waals surface area contributed by atoms with Crippen molar-refractivity contribution in [2.75, 3.05) is 11.9 Å². The number of aromatic nitrogens is 4. The molecule has 1 aromatic carbocycles. The molecule has 1 saturated heterocycles. The molecule has 9 nitrogen and oxygen atoms in total. The third kappa shape index (κ3) is 3.58. The molecule has 29 heavy (non-hydrogen) atoms. The lowest BCUT2D eigenvalue weighted by atomic mass is 9.96. The van der Waals surface area contributed by atoms with E-state index in [2.05, 4.69) is 46.2 Å². The minimum absolute atomic E-state index is 0.0216. The van der Waals surface area contributed by atoms with Gasteiger partial charge in [0.25, 0.3) is 0 Å². The van der Waals surface area contributed by atoms with Crippen molar-refractivity contribution in [3.05, 3.63) is 48.5 Å². The third-order valence-corrected chi connectivity index (χ3v) is 5.27. The van der Waals surface area contributed by atoms with E-state index in [0.29, 0.717) is 22.9 Å². The van der Waals surface area contributed by atoms with Gasteiger partial charge >= 0.3 is 0 Å². The first-order chi connectivity index (χ1) is 14.0. The Morgan fingerprint density at radius 3 is 2.52 bits per heavy atom. The maximum Gasteiger partial charge on any atom is 0.167 e. The van der Waals surface area contributed by atoms with Crippen LogP contribution in [0.5, 0.6) is 0 Å². The zero-order valence-corrected chi connectivity index (χ0v) is 16.3. The zero-order valence-electron chi connectivity index (χ0n) is 16.3. The summed E-state index contributed by atoms with van der Waals surface area (Å²) >= 11 is 0. The maximum absolute atomic E-state index is 10.3. The van der Waals surface area contributed by atoms with Gasteiger partial charge in [0.1, 0.15) is 24.6 Å². The Bertz CT molecular complexity index is 964. The number of ether oxygens (including phenoxy) is 1. The molecule has 1 fully saturated rings. The topological polar surface area (TPSA) is 126 Å². The van der Waals surface area contributed by atoms with Crippen LogP contribution >= 0.6 is 0 Å². The molecule has 3 heterocycles. The molecule has 2 aromatic heterocycles. The van der Waals surface area contributed by atoms with Gasteiger partial charge in [-0.05, 0) is 11.5 Å². The Morgan fingerprint density at radius 2 is 1.86 bits per heavy atom. The minimum Gasteiger partial charge on any atom is -0.394 e. The lowest BCUT2D eigenvalue weighted by Gasteiger charge is -2.23. The number of anilines is 1. The van der Waals surface area contributed by atoms with Crippen LogP contribution in [0.25, 0.3) is 11.2 Å². The van der Waals surface area contributed by atoms with E-state index in [4.69, 9.17) is 4.74 Å². The Kier molecular flexibility index (Phi) is 5.46. The predicted molar refractivity (Wildman–Crippen MR) is 106 cm³/mol. The van der Waals surface area contributed by atoms with E-state index in [0.717, 1.165) is 5.56 Å². The molecule has 4 rings (SSSR count). The first-order valence-corrected chi connectivity index (χ1v) is 9.62. The fourth-order valence-corrected chi connectivity index (χ4v) is 3.70. The molecule has 154 valence electrons. The molecule has 5 atom stereocenters. The fraction of sp³-hybridized carbons (Fsp3) is 0.450. The van der Waals surface area contributed by atoms with E-state index in [1.165, 1.54) is 12.7 Å². The normalized spacial score (nSPS) is 25.6. The number of nitrogens with zero attached hydrogens (tertiary/aromatic N) is 4. The largest absolute Gasteiger partial charge is 0.394 e. The van der Waals surface area contributed by atoms with Crippen LogP contribution in [0.4, 0.5) is 5.82 Å². The molecule has 3 aromatic rings. The van der Waals surface area contributed by atoms with Crippen LogP contribution in [0.1, 0.15) is 31.7 Å². The highest BCUT2D eigenvalue weighted by Crippen LogP contribution is 2.33. The van der Waals surface area contributed by atoms with Crippen molar-refractivity contribution >= 4 is 17.0 Å². The highest BCUT2D eigenvalue weighted by Gasteiger charge is 2.44. The summed E-state index contributed by atoms with van der Waals surface area (Å²) in [6.07, 6.45) is -1.24. The molecule has 0 radical (unpaired) electrons. The molecule has 4 N–H and O–H groups in total. The third-order valence-electron chi connectivity index (χ3n) is 5.27. The van der Waals surface area contributed by atoms with Crippen LogP contribution < -0.4 is 5.32 Å². The zero-order chi connectivity index (χ0) is 20.5.